The van der Waals surface area contributed by atoms with Crippen molar-refractivity contribution in [1.29, 1.82) is 0 Å². The van der Waals surface area contributed by atoms with Gasteiger partial charge in [-0.2, -0.15) is 0 Å². The Hall–Kier alpha value is -2.14. The third-order valence-corrected chi connectivity index (χ3v) is 5.20. The predicted molar refractivity (Wildman–Crippen MR) is 85.5 cm³/mol. The highest BCUT2D eigenvalue weighted by molar-refractivity contribution is 5.89. The van der Waals surface area contributed by atoms with E-state index in [0.29, 0.717) is 17.0 Å². The van der Waals surface area contributed by atoms with Crippen molar-refractivity contribution < 1.29 is 13.9 Å². The number of nitrogens with zero attached hydrogens (tertiary/aromatic N) is 1. The van der Waals surface area contributed by atoms with E-state index >= 15 is 0 Å². The van der Waals surface area contributed by atoms with E-state index in [1.54, 1.807) is 24.3 Å². The summed E-state index contributed by atoms with van der Waals surface area (Å²) in [4.78, 5) is 26.8. The van der Waals surface area contributed by atoms with E-state index in [1.807, 2.05) is 0 Å². The Morgan fingerprint density at radius 1 is 1.22 bits per heavy atom. The number of carbonyl (C=O) groups excluding carboxylic acids is 1. The first-order valence-corrected chi connectivity index (χ1v) is 8.09. The predicted octanol–water partition coefficient (Wildman–Crippen LogP) is 2.58. The molecule has 0 aliphatic carbocycles. The zero-order valence-corrected chi connectivity index (χ0v) is 13.0. The second kappa shape index (κ2) is 5.49. The number of hydrogen-bond donors (Lipinski definition) is 0. The molecule has 0 amide bonds. The molecule has 5 nitrogen and oxygen atoms in total. The Kier molecular flexibility index (Phi) is 3.45. The van der Waals surface area contributed by atoms with Gasteiger partial charge in [-0.15, -0.1) is 0 Å². The molecule has 5 heteroatoms. The lowest BCUT2D eigenvalue weighted by Crippen LogP contribution is -2.46. The fraction of sp³-hybridized carbons (Fsp3) is 0.444. The van der Waals surface area contributed by atoms with Crippen molar-refractivity contribution in [2.24, 2.45) is 0 Å². The largest absolute Gasteiger partial charge is 0.455 e. The molecule has 2 aliphatic rings. The second-order valence-electron chi connectivity index (χ2n) is 6.46. The van der Waals surface area contributed by atoms with Crippen LogP contribution < -0.4 is 5.43 Å². The van der Waals surface area contributed by atoms with E-state index in [1.165, 1.54) is 12.5 Å². The molecule has 0 saturated carbocycles. The highest BCUT2D eigenvalue weighted by Crippen LogP contribution is 2.36. The van der Waals surface area contributed by atoms with Crippen LogP contribution in [-0.2, 0) is 4.74 Å². The minimum Gasteiger partial charge on any atom is -0.455 e. The van der Waals surface area contributed by atoms with Gasteiger partial charge in [0, 0.05) is 18.2 Å². The van der Waals surface area contributed by atoms with E-state index < -0.39 is 5.97 Å². The molecular formula is C18H19NO4. The van der Waals surface area contributed by atoms with Gasteiger partial charge < -0.3 is 9.15 Å². The molecule has 0 N–H and O–H groups in total. The number of fused-ring (bicyclic) bond motifs is 3. The number of rotatable bonds is 2. The maximum atomic E-state index is 12.4. The topological polar surface area (TPSA) is 59.8 Å². The SMILES string of the molecule is CN1[C@H]2CC[C@@H]1[C@H](OC(=O)c1cc(=O)c3ccccc3o1)CC2. The summed E-state index contributed by atoms with van der Waals surface area (Å²) in [5, 5.41) is 0.472. The maximum absolute atomic E-state index is 12.4. The normalized spacial score (nSPS) is 27.3. The summed E-state index contributed by atoms with van der Waals surface area (Å²) in [5.74, 6) is -0.562. The van der Waals surface area contributed by atoms with Gasteiger partial charge in [-0.3, -0.25) is 9.69 Å². The third kappa shape index (κ3) is 2.45. The number of piperidine rings is 1. The zero-order valence-electron chi connectivity index (χ0n) is 13.0. The lowest BCUT2D eigenvalue weighted by Gasteiger charge is -2.36. The van der Waals surface area contributed by atoms with Crippen molar-refractivity contribution in [2.45, 2.75) is 43.9 Å². The van der Waals surface area contributed by atoms with Crippen molar-refractivity contribution in [2.75, 3.05) is 7.05 Å². The molecule has 2 bridgehead atoms. The summed E-state index contributed by atoms with van der Waals surface area (Å²) in [5.41, 5.74) is 0.189. The van der Waals surface area contributed by atoms with E-state index in [2.05, 4.69) is 11.9 Å². The molecule has 1 aromatic carbocycles. The minimum atomic E-state index is -0.545. The maximum Gasteiger partial charge on any atom is 0.374 e. The van der Waals surface area contributed by atoms with E-state index in [-0.39, 0.29) is 23.3 Å². The lowest BCUT2D eigenvalue weighted by atomic mass is 10.0. The average molecular weight is 313 g/mol. The van der Waals surface area contributed by atoms with Crippen LogP contribution in [0.1, 0.15) is 36.2 Å². The summed E-state index contributed by atoms with van der Waals surface area (Å²) >= 11 is 0. The number of likely N-dealkylation sites (N-methyl/N-ethyl adjacent to an activating group) is 1. The van der Waals surface area contributed by atoms with Crippen LogP contribution in [-0.4, -0.2) is 36.1 Å². The molecule has 2 saturated heterocycles. The monoisotopic (exact) mass is 313 g/mol. The van der Waals surface area contributed by atoms with Crippen LogP contribution in [0.25, 0.3) is 11.0 Å². The van der Waals surface area contributed by atoms with Crippen LogP contribution in [0.3, 0.4) is 0 Å². The first-order valence-electron chi connectivity index (χ1n) is 8.09. The lowest BCUT2D eigenvalue weighted by molar-refractivity contribution is -0.0153. The van der Waals surface area contributed by atoms with Crippen molar-refractivity contribution in [3.05, 3.63) is 46.3 Å². The quantitative estimate of drug-likeness (QED) is 0.798. The summed E-state index contributed by atoms with van der Waals surface area (Å²) in [6, 6.07) is 9.04. The molecule has 2 aliphatic heterocycles. The molecule has 0 spiro atoms. The van der Waals surface area contributed by atoms with Gasteiger partial charge in [-0.05, 0) is 44.9 Å². The van der Waals surface area contributed by atoms with Gasteiger partial charge in [-0.25, -0.2) is 4.79 Å². The number of hydrogen-bond acceptors (Lipinski definition) is 5. The van der Waals surface area contributed by atoms with Gasteiger partial charge in [0.1, 0.15) is 11.7 Å². The number of benzene rings is 1. The summed E-state index contributed by atoms with van der Waals surface area (Å²) in [6.45, 7) is 0. The Morgan fingerprint density at radius 3 is 2.87 bits per heavy atom. The summed E-state index contributed by atoms with van der Waals surface area (Å²) < 4.78 is 11.2. The highest BCUT2D eigenvalue weighted by Gasteiger charge is 2.42. The van der Waals surface area contributed by atoms with E-state index in [0.717, 1.165) is 19.3 Å². The van der Waals surface area contributed by atoms with Crippen molar-refractivity contribution in [1.82, 2.24) is 4.90 Å². The number of para-hydroxylation sites is 1. The Morgan fingerprint density at radius 2 is 2.00 bits per heavy atom. The Balaban J connectivity index is 1.59. The smallest absolute Gasteiger partial charge is 0.374 e. The molecule has 3 atom stereocenters. The molecule has 1 aromatic heterocycles. The van der Waals surface area contributed by atoms with Crippen molar-refractivity contribution in [3.8, 4) is 0 Å². The van der Waals surface area contributed by atoms with Crippen LogP contribution in [0.5, 0.6) is 0 Å². The zero-order chi connectivity index (χ0) is 16.0. The standard InChI is InChI=1S/C18H19NO4/c1-19-11-6-8-13(19)16(9-7-11)23-18(21)17-10-14(20)12-4-2-3-5-15(12)22-17/h2-5,10-11,13,16H,6-9H2,1H3/t11-,13+,16+/m0/s1. The Labute approximate surface area is 133 Å². The minimum absolute atomic E-state index is 0.0172. The third-order valence-electron chi connectivity index (χ3n) is 5.20. The molecule has 3 heterocycles. The highest BCUT2D eigenvalue weighted by atomic mass is 16.6. The van der Waals surface area contributed by atoms with Gasteiger partial charge in [0.25, 0.3) is 0 Å². The second-order valence-corrected chi connectivity index (χ2v) is 6.46. The molecule has 23 heavy (non-hydrogen) atoms. The first kappa shape index (κ1) is 14.5. The number of esters is 1. The molecule has 2 aromatic rings. The molecule has 0 unspecified atom stereocenters. The number of ether oxygens (including phenoxy) is 1. The summed E-state index contributed by atoms with van der Waals surface area (Å²) in [7, 11) is 2.10. The van der Waals surface area contributed by atoms with E-state index in [4.69, 9.17) is 9.15 Å². The molecule has 0 radical (unpaired) electrons. The van der Waals surface area contributed by atoms with Crippen molar-refractivity contribution >= 4 is 16.9 Å². The molecule has 4 rings (SSSR count). The average Bonchev–Trinajstić information content (AvgIpc) is 2.78. The van der Waals surface area contributed by atoms with Crippen LogP contribution in [0.4, 0.5) is 0 Å². The summed E-state index contributed by atoms with van der Waals surface area (Å²) in [6.07, 6.45) is 4.03. The van der Waals surface area contributed by atoms with Gasteiger partial charge >= 0.3 is 5.97 Å². The van der Waals surface area contributed by atoms with Crippen LogP contribution >= 0.6 is 0 Å². The van der Waals surface area contributed by atoms with Crippen LogP contribution in [0.15, 0.2) is 39.5 Å². The van der Waals surface area contributed by atoms with Crippen LogP contribution in [0, 0.1) is 0 Å². The molecular weight excluding hydrogens is 294 g/mol. The van der Waals surface area contributed by atoms with E-state index in [9.17, 15) is 9.59 Å². The van der Waals surface area contributed by atoms with Gasteiger partial charge in [-0.1, -0.05) is 12.1 Å². The fourth-order valence-corrected chi connectivity index (χ4v) is 3.92. The van der Waals surface area contributed by atoms with Gasteiger partial charge in [0.2, 0.25) is 5.76 Å². The van der Waals surface area contributed by atoms with Gasteiger partial charge in [0.15, 0.2) is 5.43 Å². The molecule has 120 valence electrons. The van der Waals surface area contributed by atoms with Crippen LogP contribution in [0.2, 0.25) is 0 Å². The molecule has 2 fully saturated rings. The van der Waals surface area contributed by atoms with Crippen molar-refractivity contribution in [3.63, 3.8) is 0 Å². The number of carbonyl (C=O) groups is 1. The Bertz CT molecular complexity index is 812. The fourth-order valence-electron chi connectivity index (χ4n) is 3.92. The van der Waals surface area contributed by atoms with Gasteiger partial charge in [0.05, 0.1) is 5.39 Å². The first-order chi connectivity index (χ1) is 11.1.